The third kappa shape index (κ3) is 7.08. The summed E-state index contributed by atoms with van der Waals surface area (Å²) in [6.07, 6.45) is -4.22. The molecule has 1 atom stereocenters. The van der Waals surface area contributed by atoms with Crippen LogP contribution in [0.4, 0.5) is 13.2 Å². The van der Waals surface area contributed by atoms with E-state index in [1.54, 1.807) is 0 Å². The Labute approximate surface area is 86.6 Å². The third-order valence-electron chi connectivity index (χ3n) is 1.65. The van der Waals surface area contributed by atoms with Gasteiger partial charge < -0.3 is 10.5 Å². The van der Waals surface area contributed by atoms with Crippen molar-refractivity contribution in [3.63, 3.8) is 0 Å². The van der Waals surface area contributed by atoms with E-state index in [0.717, 1.165) is 6.92 Å². The Bertz CT molecular complexity index is 184. The monoisotopic (exact) mass is 229 g/mol. The molecule has 0 rings (SSSR count). The van der Waals surface area contributed by atoms with Gasteiger partial charge in [-0.05, 0) is 26.2 Å². The van der Waals surface area contributed by atoms with Crippen LogP contribution in [0.15, 0.2) is 0 Å². The highest BCUT2D eigenvalue weighted by Crippen LogP contribution is 2.22. The lowest BCUT2D eigenvalue weighted by molar-refractivity contribution is -0.214. The first-order valence-electron chi connectivity index (χ1n) is 4.30. The lowest BCUT2D eigenvalue weighted by atomic mass is 10.2. The molecule has 0 heterocycles. The summed E-state index contributed by atoms with van der Waals surface area (Å²) in [6.45, 7) is 1.08. The molecule has 0 saturated carbocycles. The molecule has 14 heavy (non-hydrogen) atoms. The Morgan fingerprint density at radius 2 is 2.00 bits per heavy atom. The number of alkyl halides is 3. The molecule has 2 N–H and O–H groups in total. The third-order valence-corrected chi connectivity index (χ3v) is 1.85. The van der Waals surface area contributed by atoms with E-state index in [2.05, 4.69) is 17.0 Å². The molecule has 0 amide bonds. The van der Waals surface area contributed by atoms with Crippen molar-refractivity contribution in [2.45, 2.75) is 38.5 Å². The van der Waals surface area contributed by atoms with Gasteiger partial charge in [-0.15, -0.1) is 0 Å². The van der Waals surface area contributed by atoms with Crippen LogP contribution in [0.1, 0.15) is 26.2 Å². The van der Waals surface area contributed by atoms with Gasteiger partial charge in [0.25, 0.3) is 0 Å². The van der Waals surface area contributed by atoms with Gasteiger partial charge >= 0.3 is 6.18 Å². The molecule has 0 aliphatic heterocycles. The Morgan fingerprint density at radius 1 is 1.43 bits per heavy atom. The molecule has 0 spiro atoms. The Kier molecular flexibility index (Phi) is 6.03. The Balaban J connectivity index is 3.41. The quantitative estimate of drug-likeness (QED) is 0.561. The van der Waals surface area contributed by atoms with Crippen LogP contribution in [0.2, 0.25) is 0 Å². The summed E-state index contributed by atoms with van der Waals surface area (Å²) >= 11 is 4.61. The topological polar surface area (TPSA) is 35.2 Å². The smallest absolute Gasteiger partial charge is 0.393 e. The first-order chi connectivity index (χ1) is 6.34. The first-order valence-corrected chi connectivity index (χ1v) is 4.71. The highest BCUT2D eigenvalue weighted by molar-refractivity contribution is 7.80. The molecule has 0 radical (unpaired) electrons. The highest BCUT2D eigenvalue weighted by Gasteiger charge is 2.36. The number of nitrogens with two attached hydrogens (primary N) is 1. The molecular weight excluding hydrogens is 215 g/mol. The molecule has 6 heteroatoms. The molecule has 0 bridgehead atoms. The van der Waals surface area contributed by atoms with Crippen molar-refractivity contribution in [1.29, 1.82) is 0 Å². The molecule has 0 aromatic rings. The maximum absolute atomic E-state index is 11.9. The van der Waals surface area contributed by atoms with E-state index in [1.165, 1.54) is 0 Å². The second-order valence-corrected chi connectivity index (χ2v) is 3.50. The molecule has 0 fully saturated rings. The SMILES string of the molecule is CC(OCCCCC(N)=S)C(F)(F)F. The summed E-state index contributed by atoms with van der Waals surface area (Å²) in [5, 5.41) is 0. The van der Waals surface area contributed by atoms with Crippen molar-refractivity contribution >= 4 is 17.2 Å². The molecule has 0 aliphatic rings. The number of hydrogen-bond acceptors (Lipinski definition) is 2. The van der Waals surface area contributed by atoms with Crippen LogP contribution in [-0.2, 0) is 4.74 Å². The fourth-order valence-electron chi connectivity index (χ4n) is 0.756. The van der Waals surface area contributed by atoms with Crippen molar-refractivity contribution in [2.24, 2.45) is 5.73 Å². The van der Waals surface area contributed by atoms with Gasteiger partial charge in [0.1, 0.15) is 0 Å². The molecule has 0 saturated heterocycles. The zero-order valence-electron chi connectivity index (χ0n) is 7.93. The van der Waals surface area contributed by atoms with Gasteiger partial charge in [-0.3, -0.25) is 0 Å². The summed E-state index contributed by atoms with van der Waals surface area (Å²) in [5.74, 6) is 0. The minimum Gasteiger partial charge on any atom is -0.393 e. The molecule has 1 unspecified atom stereocenters. The first kappa shape index (κ1) is 13.6. The van der Waals surface area contributed by atoms with Crippen molar-refractivity contribution < 1.29 is 17.9 Å². The van der Waals surface area contributed by atoms with Gasteiger partial charge in [0, 0.05) is 6.61 Å². The van der Waals surface area contributed by atoms with Gasteiger partial charge in [-0.1, -0.05) is 12.2 Å². The van der Waals surface area contributed by atoms with Gasteiger partial charge in [-0.25, -0.2) is 0 Å². The van der Waals surface area contributed by atoms with Crippen LogP contribution in [0, 0.1) is 0 Å². The lowest BCUT2D eigenvalue weighted by Gasteiger charge is -2.15. The summed E-state index contributed by atoms with van der Waals surface area (Å²) in [4.78, 5) is 0.383. The van der Waals surface area contributed by atoms with E-state index in [4.69, 9.17) is 5.73 Å². The van der Waals surface area contributed by atoms with E-state index in [-0.39, 0.29) is 6.61 Å². The standard InChI is InChI=1S/C8H14F3NOS/c1-6(8(9,10)11)13-5-3-2-4-7(12)14/h6H,2-5H2,1H3,(H2,12,14). The van der Waals surface area contributed by atoms with E-state index in [9.17, 15) is 13.2 Å². The predicted octanol–water partition coefficient (Wildman–Crippen LogP) is 2.41. The number of hydrogen-bond donors (Lipinski definition) is 1. The van der Waals surface area contributed by atoms with Crippen LogP contribution in [0.5, 0.6) is 0 Å². The second kappa shape index (κ2) is 6.19. The van der Waals surface area contributed by atoms with Crippen molar-refractivity contribution in [3.05, 3.63) is 0 Å². The zero-order valence-corrected chi connectivity index (χ0v) is 8.75. The van der Waals surface area contributed by atoms with Crippen molar-refractivity contribution in [2.75, 3.05) is 6.61 Å². The number of thiocarbonyl (C=S) groups is 1. The summed E-state index contributed by atoms with van der Waals surface area (Å²) < 4.78 is 40.3. The number of unbranched alkanes of at least 4 members (excludes halogenated alkanes) is 1. The molecule has 0 aliphatic carbocycles. The average Bonchev–Trinajstić information content (AvgIpc) is 2.01. The van der Waals surface area contributed by atoms with Crippen LogP contribution in [-0.4, -0.2) is 23.9 Å². The number of halogens is 3. The lowest BCUT2D eigenvalue weighted by Crippen LogP contribution is -2.28. The zero-order chi connectivity index (χ0) is 11.2. The minimum atomic E-state index is -4.27. The molecule has 84 valence electrons. The summed E-state index contributed by atoms with van der Waals surface area (Å²) in [6, 6.07) is 0. The van der Waals surface area contributed by atoms with Crippen molar-refractivity contribution in [3.8, 4) is 0 Å². The van der Waals surface area contributed by atoms with Gasteiger partial charge in [0.15, 0.2) is 6.10 Å². The van der Waals surface area contributed by atoms with Gasteiger partial charge in [-0.2, -0.15) is 13.2 Å². The van der Waals surface area contributed by atoms with E-state index < -0.39 is 12.3 Å². The van der Waals surface area contributed by atoms with Crippen LogP contribution in [0.25, 0.3) is 0 Å². The Hall–Kier alpha value is -0.360. The summed E-state index contributed by atoms with van der Waals surface area (Å²) in [5.41, 5.74) is 5.21. The van der Waals surface area contributed by atoms with Crippen LogP contribution < -0.4 is 5.73 Å². The normalized spacial score (nSPS) is 14.0. The molecular formula is C8H14F3NOS. The predicted molar refractivity (Wildman–Crippen MR) is 52.1 cm³/mol. The van der Waals surface area contributed by atoms with E-state index >= 15 is 0 Å². The fraction of sp³-hybridized carbons (Fsp3) is 0.875. The Morgan fingerprint density at radius 3 is 2.43 bits per heavy atom. The number of ether oxygens (including phenoxy) is 1. The van der Waals surface area contributed by atoms with E-state index in [0.29, 0.717) is 24.3 Å². The maximum Gasteiger partial charge on any atom is 0.414 e. The van der Waals surface area contributed by atoms with Gasteiger partial charge in [0.05, 0.1) is 4.99 Å². The van der Waals surface area contributed by atoms with Gasteiger partial charge in [0.2, 0.25) is 0 Å². The summed E-state index contributed by atoms with van der Waals surface area (Å²) in [7, 11) is 0. The molecule has 0 aromatic heterocycles. The molecule has 0 aromatic carbocycles. The second-order valence-electron chi connectivity index (χ2n) is 2.98. The molecule has 2 nitrogen and oxygen atoms in total. The highest BCUT2D eigenvalue weighted by atomic mass is 32.1. The minimum absolute atomic E-state index is 0.0866. The van der Waals surface area contributed by atoms with E-state index in [1.807, 2.05) is 0 Å². The van der Waals surface area contributed by atoms with Crippen molar-refractivity contribution in [1.82, 2.24) is 0 Å². The maximum atomic E-state index is 11.9. The largest absolute Gasteiger partial charge is 0.414 e. The number of rotatable bonds is 6. The van der Waals surface area contributed by atoms with Crippen LogP contribution in [0.3, 0.4) is 0 Å². The fourth-order valence-corrected chi connectivity index (χ4v) is 0.900. The average molecular weight is 229 g/mol. The van der Waals surface area contributed by atoms with Crippen LogP contribution >= 0.6 is 12.2 Å².